The average molecular weight is 401 g/mol. The Morgan fingerprint density at radius 3 is 0.786 bits per heavy atom. The van der Waals surface area contributed by atoms with Gasteiger partial charge in [0, 0.05) is 89.6 Å². The molecule has 0 fully saturated rings. The Hall–Kier alpha value is -0.240. The first-order valence-electron chi connectivity index (χ1n) is 11.6. The Kier molecular flexibility index (Phi) is 17.5. The molecule has 0 atom stereocenters. The third-order valence-corrected chi connectivity index (χ3v) is 4.65. The van der Waals surface area contributed by atoms with Crippen molar-refractivity contribution >= 4 is 0 Å². The van der Waals surface area contributed by atoms with Gasteiger partial charge in [0.2, 0.25) is 0 Å². The van der Waals surface area contributed by atoms with Crippen LogP contribution in [0.15, 0.2) is 0 Å². The number of hydrogen-bond donors (Lipinski definition) is 4. The molecule has 170 valence electrons. The first-order valence-corrected chi connectivity index (χ1v) is 11.6. The molecule has 0 aliphatic heterocycles. The second kappa shape index (κ2) is 17.6. The predicted molar refractivity (Wildman–Crippen MR) is 125 cm³/mol. The number of rotatable bonds is 19. The minimum Gasteiger partial charge on any atom is -0.313 e. The van der Waals surface area contributed by atoms with E-state index in [-0.39, 0.29) is 0 Å². The van der Waals surface area contributed by atoms with Crippen LogP contribution in [0.2, 0.25) is 0 Å². The van der Waals surface area contributed by atoms with Crippen LogP contribution in [-0.2, 0) is 0 Å². The van der Waals surface area contributed by atoms with Crippen LogP contribution in [0.4, 0.5) is 0 Å². The molecule has 0 aliphatic carbocycles. The minimum absolute atomic E-state index is 0.552. The van der Waals surface area contributed by atoms with Gasteiger partial charge in [0.1, 0.15) is 0 Å². The molecule has 0 rings (SSSR count). The Morgan fingerprint density at radius 2 is 0.607 bits per heavy atom. The lowest BCUT2D eigenvalue weighted by atomic mass is 10.3. The van der Waals surface area contributed by atoms with Gasteiger partial charge in [-0.05, 0) is 0 Å². The van der Waals surface area contributed by atoms with E-state index in [4.69, 9.17) is 0 Å². The van der Waals surface area contributed by atoms with Crippen LogP contribution in [0.25, 0.3) is 0 Å². The molecule has 0 radical (unpaired) electrons. The molecule has 0 aromatic rings. The topological polar surface area (TPSA) is 54.6 Å². The summed E-state index contributed by atoms with van der Waals surface area (Å²) in [5, 5.41) is 14.2. The molecule has 0 heterocycles. The van der Waals surface area contributed by atoms with E-state index in [9.17, 15) is 0 Å². The lowest BCUT2D eigenvalue weighted by Gasteiger charge is -2.29. The summed E-state index contributed by atoms with van der Waals surface area (Å²) in [5.41, 5.74) is 0. The molecule has 0 aromatic heterocycles. The summed E-state index contributed by atoms with van der Waals surface area (Å²) in [6.07, 6.45) is 0. The van der Waals surface area contributed by atoms with E-state index >= 15 is 0 Å². The van der Waals surface area contributed by atoms with Crippen LogP contribution >= 0.6 is 0 Å². The smallest absolute Gasteiger partial charge is 0.0110 e. The fourth-order valence-electron chi connectivity index (χ4n) is 3.00. The normalized spacial score (nSPS) is 12.6. The first-order chi connectivity index (χ1) is 13.2. The third kappa shape index (κ3) is 19.1. The van der Waals surface area contributed by atoms with Gasteiger partial charge in [0.15, 0.2) is 0 Å². The van der Waals surface area contributed by atoms with Crippen molar-refractivity contribution in [2.24, 2.45) is 0 Å². The largest absolute Gasteiger partial charge is 0.313 e. The van der Waals surface area contributed by atoms with E-state index in [1.54, 1.807) is 0 Å². The third-order valence-electron chi connectivity index (χ3n) is 4.65. The summed E-state index contributed by atoms with van der Waals surface area (Å²) in [6.45, 7) is 28.7. The van der Waals surface area contributed by atoms with Gasteiger partial charge in [-0.1, -0.05) is 55.4 Å². The standard InChI is InChI=1S/C22H52N6/c1-19(2)23-9-13-27(14-10-24-20(3)4)17-18-28(15-11-25-21(5)6)16-12-26-22(7)8/h19-26H,9-18H2,1-8H3. The van der Waals surface area contributed by atoms with E-state index in [0.29, 0.717) is 24.2 Å². The summed E-state index contributed by atoms with van der Waals surface area (Å²) in [5.74, 6) is 0. The maximum Gasteiger partial charge on any atom is 0.0110 e. The van der Waals surface area contributed by atoms with Crippen molar-refractivity contribution in [1.29, 1.82) is 0 Å². The van der Waals surface area contributed by atoms with Crippen LogP contribution < -0.4 is 21.3 Å². The zero-order valence-electron chi connectivity index (χ0n) is 20.3. The van der Waals surface area contributed by atoms with Crippen molar-refractivity contribution in [2.45, 2.75) is 79.6 Å². The van der Waals surface area contributed by atoms with E-state index in [2.05, 4.69) is 86.5 Å². The van der Waals surface area contributed by atoms with Crippen LogP contribution in [-0.4, -0.2) is 99.4 Å². The zero-order chi connectivity index (χ0) is 21.4. The average Bonchev–Trinajstić information content (AvgIpc) is 2.57. The Balaban J connectivity index is 4.50. The van der Waals surface area contributed by atoms with Gasteiger partial charge in [-0.3, -0.25) is 9.80 Å². The summed E-state index contributed by atoms with van der Waals surface area (Å²) < 4.78 is 0. The molecule has 0 unspecified atom stereocenters. The van der Waals surface area contributed by atoms with Crippen LogP contribution in [0.3, 0.4) is 0 Å². The number of nitrogens with one attached hydrogen (secondary N) is 4. The van der Waals surface area contributed by atoms with Crippen LogP contribution in [0.1, 0.15) is 55.4 Å². The SMILES string of the molecule is CC(C)NCCN(CCNC(C)C)CCN(CCNC(C)C)CCNC(C)C. The van der Waals surface area contributed by atoms with E-state index in [1.165, 1.54) is 0 Å². The van der Waals surface area contributed by atoms with Gasteiger partial charge in [-0.15, -0.1) is 0 Å². The van der Waals surface area contributed by atoms with Gasteiger partial charge in [-0.2, -0.15) is 0 Å². The highest BCUT2D eigenvalue weighted by molar-refractivity contribution is 4.70. The lowest BCUT2D eigenvalue weighted by molar-refractivity contribution is 0.200. The summed E-state index contributed by atoms with van der Waals surface area (Å²) in [7, 11) is 0. The molecule has 4 N–H and O–H groups in total. The fourth-order valence-corrected chi connectivity index (χ4v) is 3.00. The summed E-state index contributed by atoms with van der Waals surface area (Å²) in [6, 6.07) is 2.21. The van der Waals surface area contributed by atoms with Gasteiger partial charge in [0.25, 0.3) is 0 Å². The molecule has 6 heteroatoms. The molecule has 28 heavy (non-hydrogen) atoms. The van der Waals surface area contributed by atoms with Gasteiger partial charge in [-0.25, -0.2) is 0 Å². The van der Waals surface area contributed by atoms with E-state index in [0.717, 1.165) is 65.4 Å². The Bertz CT molecular complexity index is 273. The minimum atomic E-state index is 0.552. The molecule has 0 bridgehead atoms. The quantitative estimate of drug-likeness (QED) is 0.264. The monoisotopic (exact) mass is 400 g/mol. The molecule has 0 amide bonds. The zero-order valence-corrected chi connectivity index (χ0v) is 20.3. The molecule has 0 aromatic carbocycles. The Labute approximate surface area is 176 Å². The van der Waals surface area contributed by atoms with E-state index in [1.807, 2.05) is 0 Å². The highest BCUT2D eigenvalue weighted by Crippen LogP contribution is 1.94. The fraction of sp³-hybridized carbons (Fsp3) is 1.00. The molecular formula is C22H52N6. The summed E-state index contributed by atoms with van der Waals surface area (Å²) >= 11 is 0. The van der Waals surface area contributed by atoms with Crippen molar-refractivity contribution in [3.63, 3.8) is 0 Å². The predicted octanol–water partition coefficient (Wildman–Crippen LogP) is 1.58. The maximum atomic E-state index is 3.56. The molecule has 0 saturated carbocycles. The van der Waals surface area contributed by atoms with Gasteiger partial charge < -0.3 is 21.3 Å². The number of hydrogen-bond acceptors (Lipinski definition) is 6. The van der Waals surface area contributed by atoms with Gasteiger partial charge in [0.05, 0.1) is 0 Å². The maximum absolute atomic E-state index is 3.56. The van der Waals surface area contributed by atoms with Crippen molar-refractivity contribution < 1.29 is 0 Å². The second-order valence-electron chi connectivity index (χ2n) is 9.12. The van der Waals surface area contributed by atoms with Crippen LogP contribution in [0.5, 0.6) is 0 Å². The summed E-state index contributed by atoms with van der Waals surface area (Å²) in [4.78, 5) is 5.20. The van der Waals surface area contributed by atoms with Crippen molar-refractivity contribution in [3.8, 4) is 0 Å². The number of nitrogens with zero attached hydrogens (tertiary/aromatic N) is 2. The molecule has 0 aliphatic rings. The second-order valence-corrected chi connectivity index (χ2v) is 9.12. The lowest BCUT2D eigenvalue weighted by Crippen LogP contribution is -2.45. The highest BCUT2D eigenvalue weighted by atomic mass is 15.2. The van der Waals surface area contributed by atoms with E-state index < -0.39 is 0 Å². The molecular weight excluding hydrogens is 348 g/mol. The van der Waals surface area contributed by atoms with Gasteiger partial charge >= 0.3 is 0 Å². The molecule has 0 spiro atoms. The Morgan fingerprint density at radius 1 is 0.393 bits per heavy atom. The molecule has 6 nitrogen and oxygen atoms in total. The molecule has 0 saturated heterocycles. The highest BCUT2D eigenvalue weighted by Gasteiger charge is 2.10. The van der Waals surface area contributed by atoms with Crippen LogP contribution in [0, 0.1) is 0 Å². The first kappa shape index (κ1) is 27.8. The van der Waals surface area contributed by atoms with Crippen molar-refractivity contribution in [3.05, 3.63) is 0 Å². The van der Waals surface area contributed by atoms with Crippen molar-refractivity contribution in [2.75, 3.05) is 65.4 Å². The van der Waals surface area contributed by atoms with Crippen molar-refractivity contribution in [1.82, 2.24) is 31.1 Å².